The van der Waals surface area contributed by atoms with Crippen molar-refractivity contribution in [3.63, 3.8) is 0 Å². The molecule has 0 radical (unpaired) electrons. The number of benzene rings is 2. The molecule has 40 heavy (non-hydrogen) atoms. The Morgan fingerprint density at radius 2 is 1.95 bits per heavy atom. The molecule has 1 fully saturated rings. The third-order valence-electron chi connectivity index (χ3n) is 6.80. The molecule has 4 rings (SSSR count). The molecule has 0 bridgehead atoms. The van der Waals surface area contributed by atoms with Crippen LogP contribution in [0.4, 0.5) is 4.79 Å². The number of aromatic amines is 1. The molecule has 2 N–H and O–H groups in total. The summed E-state index contributed by atoms with van der Waals surface area (Å²) in [5.41, 5.74) is 1.36. The highest BCUT2D eigenvalue weighted by molar-refractivity contribution is 7.99. The summed E-state index contributed by atoms with van der Waals surface area (Å²) in [6, 6.07) is 7.26. The number of amides is 1. The van der Waals surface area contributed by atoms with E-state index in [-0.39, 0.29) is 12.6 Å². The summed E-state index contributed by atoms with van der Waals surface area (Å²) in [6.07, 6.45) is 1.35. The smallest absolute Gasteiger partial charge is 0.407 e. The van der Waals surface area contributed by atoms with Crippen LogP contribution in [-0.4, -0.2) is 51.0 Å². The summed E-state index contributed by atoms with van der Waals surface area (Å²) in [5.74, 6) is 0.851. The average Bonchev–Trinajstić information content (AvgIpc) is 2.86. The molecule has 2 aromatic carbocycles. The number of piperidine rings is 1. The molecule has 1 aromatic heterocycles. The van der Waals surface area contributed by atoms with Crippen molar-refractivity contribution in [2.45, 2.75) is 77.1 Å². The van der Waals surface area contributed by atoms with Crippen LogP contribution in [0.25, 0.3) is 10.9 Å². The number of halogens is 2. The number of thioether (sulfide) groups is 1. The number of fused-ring (bicyclic) bond motifs is 1. The van der Waals surface area contributed by atoms with E-state index in [1.807, 2.05) is 40.7 Å². The number of alkyl carbamates (subject to hydrolysis) is 1. The van der Waals surface area contributed by atoms with E-state index in [1.54, 1.807) is 30.0 Å². The van der Waals surface area contributed by atoms with Gasteiger partial charge in [0.05, 0.1) is 22.5 Å². The van der Waals surface area contributed by atoms with E-state index in [4.69, 9.17) is 27.9 Å². The number of hydrogen-bond donors (Lipinski definition) is 2. The van der Waals surface area contributed by atoms with Crippen LogP contribution in [0.5, 0.6) is 0 Å². The van der Waals surface area contributed by atoms with E-state index in [9.17, 15) is 14.4 Å². The van der Waals surface area contributed by atoms with Gasteiger partial charge in [-0.05, 0) is 93.8 Å². The first kappa shape index (κ1) is 30.5. The first-order valence-electron chi connectivity index (χ1n) is 13.4. The van der Waals surface area contributed by atoms with Crippen molar-refractivity contribution in [1.82, 2.24) is 19.8 Å². The molecule has 3 aromatic rings. The third-order valence-corrected chi connectivity index (χ3v) is 8.45. The molecule has 1 saturated heterocycles. The average molecular weight is 608 g/mol. The van der Waals surface area contributed by atoms with Crippen LogP contribution in [0, 0.1) is 6.92 Å². The summed E-state index contributed by atoms with van der Waals surface area (Å²) in [7, 11) is 0. The lowest BCUT2D eigenvalue weighted by molar-refractivity contribution is 0.0470. The zero-order valence-electron chi connectivity index (χ0n) is 23.5. The Hall–Kier alpha value is -2.46. The Bertz CT molecular complexity index is 1530. The van der Waals surface area contributed by atoms with Gasteiger partial charge >= 0.3 is 11.8 Å². The van der Waals surface area contributed by atoms with Crippen molar-refractivity contribution in [3.8, 4) is 0 Å². The topological polar surface area (TPSA) is 96.4 Å². The van der Waals surface area contributed by atoms with Crippen molar-refractivity contribution in [2.24, 2.45) is 0 Å². The largest absolute Gasteiger partial charge is 0.444 e. The lowest BCUT2D eigenvalue weighted by Gasteiger charge is -2.34. The molecule has 1 unspecified atom stereocenters. The molecule has 11 heteroatoms. The zero-order valence-corrected chi connectivity index (χ0v) is 25.9. The standard InChI is InChI=1S/C29H36Cl2N4O4S/c1-6-40-23-10-9-19(30)13-18(23)14-35-26(36)21-12-17(2)22(24(31)25(21)33-27(35)37)16-34-11-7-8-20(15-34)32-28(38)39-29(3,4)5/h9-10,12-13,20H,6-8,11,14-16H2,1-5H3,(H,32,38)(H,33,37). The van der Waals surface area contributed by atoms with Crippen molar-refractivity contribution in [3.05, 3.63) is 71.8 Å². The highest BCUT2D eigenvalue weighted by Crippen LogP contribution is 2.30. The van der Waals surface area contributed by atoms with Gasteiger partial charge in [0.15, 0.2) is 0 Å². The summed E-state index contributed by atoms with van der Waals surface area (Å²) in [4.78, 5) is 45.0. The summed E-state index contributed by atoms with van der Waals surface area (Å²) < 4.78 is 6.61. The van der Waals surface area contributed by atoms with Crippen molar-refractivity contribution < 1.29 is 9.53 Å². The fraction of sp³-hybridized carbons (Fsp3) is 0.483. The highest BCUT2D eigenvalue weighted by Gasteiger charge is 2.26. The second-order valence-corrected chi connectivity index (χ2v) is 13.3. The number of nitrogens with zero attached hydrogens (tertiary/aromatic N) is 2. The maximum atomic E-state index is 13.5. The predicted octanol–water partition coefficient (Wildman–Crippen LogP) is 5.95. The maximum absolute atomic E-state index is 13.5. The number of ether oxygens (including phenoxy) is 1. The van der Waals surface area contributed by atoms with Crippen LogP contribution in [0.15, 0.2) is 38.8 Å². The number of likely N-dealkylation sites (tertiary alicyclic amines) is 1. The van der Waals surface area contributed by atoms with Gasteiger partial charge in [-0.15, -0.1) is 11.8 Å². The van der Waals surface area contributed by atoms with Crippen LogP contribution in [0.1, 0.15) is 57.2 Å². The molecule has 216 valence electrons. The first-order valence-corrected chi connectivity index (χ1v) is 15.2. The molecule has 1 aliphatic heterocycles. The highest BCUT2D eigenvalue weighted by atomic mass is 35.5. The minimum Gasteiger partial charge on any atom is -0.444 e. The fourth-order valence-corrected chi connectivity index (χ4v) is 6.35. The second-order valence-electron chi connectivity index (χ2n) is 11.1. The monoisotopic (exact) mass is 606 g/mol. The quantitative estimate of drug-likeness (QED) is 0.322. The van der Waals surface area contributed by atoms with Crippen LogP contribution in [0.3, 0.4) is 0 Å². The number of aryl methyl sites for hydroxylation is 1. The molecule has 0 spiro atoms. The molecule has 0 saturated carbocycles. The van der Waals surface area contributed by atoms with Gasteiger partial charge in [-0.1, -0.05) is 30.1 Å². The van der Waals surface area contributed by atoms with Crippen molar-refractivity contribution in [2.75, 3.05) is 18.8 Å². The van der Waals surface area contributed by atoms with E-state index in [0.29, 0.717) is 34.0 Å². The molecular formula is C29H36Cl2N4O4S. The lowest BCUT2D eigenvalue weighted by atomic mass is 10.0. The maximum Gasteiger partial charge on any atom is 0.407 e. The molecule has 2 heterocycles. The summed E-state index contributed by atoms with van der Waals surface area (Å²) >= 11 is 14.7. The van der Waals surface area contributed by atoms with Crippen molar-refractivity contribution >= 4 is 52.0 Å². The van der Waals surface area contributed by atoms with E-state index in [0.717, 1.165) is 46.7 Å². The molecule has 1 aliphatic rings. The predicted molar refractivity (Wildman–Crippen MR) is 163 cm³/mol. The van der Waals surface area contributed by atoms with Gasteiger partial charge in [0, 0.05) is 29.0 Å². The number of H-pyrrole nitrogens is 1. The molecule has 1 amide bonds. The van der Waals surface area contributed by atoms with Crippen LogP contribution >= 0.6 is 35.0 Å². The minimum atomic E-state index is -0.561. The fourth-order valence-electron chi connectivity index (χ4n) is 5.01. The Morgan fingerprint density at radius 3 is 2.65 bits per heavy atom. The summed E-state index contributed by atoms with van der Waals surface area (Å²) in [5, 5.41) is 4.24. The molecule has 0 aliphatic carbocycles. The number of carbonyl (C=O) groups is 1. The van der Waals surface area contributed by atoms with Gasteiger partial charge in [-0.3, -0.25) is 14.3 Å². The van der Waals surface area contributed by atoms with Crippen LogP contribution in [0.2, 0.25) is 10.0 Å². The van der Waals surface area contributed by atoms with Crippen LogP contribution in [-0.2, 0) is 17.8 Å². The Balaban J connectivity index is 1.60. The Labute approximate surface area is 248 Å². The van der Waals surface area contributed by atoms with Gasteiger partial charge in [0.25, 0.3) is 5.56 Å². The Kier molecular flexibility index (Phi) is 9.60. The van der Waals surface area contributed by atoms with Gasteiger partial charge in [-0.25, -0.2) is 9.59 Å². The molecule has 8 nitrogen and oxygen atoms in total. The SMILES string of the molecule is CCSc1ccc(Cl)cc1Cn1c(=O)[nH]c2c(Cl)c(CN3CCCC(NC(=O)OC(C)(C)C)C3)c(C)cc2c1=O. The van der Waals surface area contributed by atoms with Gasteiger partial charge in [-0.2, -0.15) is 0 Å². The normalized spacial score (nSPS) is 16.3. The van der Waals surface area contributed by atoms with E-state index < -0.39 is 22.9 Å². The van der Waals surface area contributed by atoms with E-state index >= 15 is 0 Å². The minimum absolute atomic E-state index is 0.0441. The second kappa shape index (κ2) is 12.6. The van der Waals surface area contributed by atoms with Gasteiger partial charge in [0.1, 0.15) is 5.60 Å². The van der Waals surface area contributed by atoms with Crippen LogP contribution < -0.4 is 16.6 Å². The number of carbonyl (C=O) groups excluding carboxylic acids is 1. The third kappa shape index (κ3) is 7.24. The molecule has 1 atom stereocenters. The Morgan fingerprint density at radius 1 is 1.20 bits per heavy atom. The van der Waals surface area contributed by atoms with Gasteiger partial charge in [0.2, 0.25) is 0 Å². The number of aromatic nitrogens is 2. The number of hydrogen-bond acceptors (Lipinski definition) is 6. The van der Waals surface area contributed by atoms with E-state index in [1.165, 1.54) is 4.57 Å². The zero-order chi connectivity index (χ0) is 29.2. The number of rotatable bonds is 7. The number of nitrogens with one attached hydrogen (secondary N) is 2. The lowest BCUT2D eigenvalue weighted by Crippen LogP contribution is -2.48. The molecular weight excluding hydrogens is 571 g/mol. The summed E-state index contributed by atoms with van der Waals surface area (Å²) in [6.45, 7) is 11.6. The van der Waals surface area contributed by atoms with Gasteiger partial charge < -0.3 is 15.0 Å². The first-order chi connectivity index (χ1) is 18.9. The van der Waals surface area contributed by atoms with E-state index in [2.05, 4.69) is 15.2 Å². The van der Waals surface area contributed by atoms with Crippen molar-refractivity contribution in [1.29, 1.82) is 0 Å².